The molecule has 0 saturated heterocycles. The van der Waals surface area contributed by atoms with Crippen molar-refractivity contribution in [1.82, 2.24) is 9.55 Å². The molecule has 0 amide bonds. The van der Waals surface area contributed by atoms with E-state index in [1.165, 1.54) is 0 Å². The van der Waals surface area contributed by atoms with Crippen molar-refractivity contribution in [1.29, 1.82) is 0 Å². The van der Waals surface area contributed by atoms with Gasteiger partial charge in [-0.15, -0.1) is 16.4 Å². The highest BCUT2D eigenvalue weighted by atomic mass is 15.1. The van der Waals surface area contributed by atoms with Crippen LogP contribution in [-0.4, -0.2) is 48.8 Å². The third-order valence-electron chi connectivity index (χ3n) is 10.1. The Labute approximate surface area is 309 Å². The third-order valence-corrected chi connectivity index (χ3v) is 10.1. The van der Waals surface area contributed by atoms with Crippen LogP contribution in [0.4, 0.5) is 0 Å². The molecule has 0 spiro atoms. The highest BCUT2D eigenvalue weighted by molar-refractivity contribution is 6.69. The van der Waals surface area contributed by atoms with E-state index in [9.17, 15) is 0 Å². The van der Waals surface area contributed by atoms with Gasteiger partial charge in [-0.2, -0.15) is 0 Å². The maximum absolute atomic E-state index is 6.82. The van der Waals surface area contributed by atoms with Crippen molar-refractivity contribution in [2.45, 2.75) is 0 Å². The van der Waals surface area contributed by atoms with Gasteiger partial charge < -0.3 is 0 Å². The second kappa shape index (κ2) is 12.7. The van der Waals surface area contributed by atoms with Gasteiger partial charge in [-0.3, -0.25) is 4.57 Å². The van der Waals surface area contributed by atoms with Crippen LogP contribution in [0.15, 0.2) is 152 Å². The van der Waals surface area contributed by atoms with Gasteiger partial charge in [0, 0.05) is 11.3 Å². The van der Waals surface area contributed by atoms with Crippen molar-refractivity contribution >= 4 is 99.1 Å². The standard InChI is InChI=1S/C45H25B5N2/c46-40-39(41(47)43(49)44(50)42(40)48)38-30-18-8-7-17-29(30)37(32-24-23-27(25-34(32)38)26-13-3-1-4-14-26)31-19-9-10-20-33(31)45-51-35-21-11-12-22-36(35)52(45)28-15-5-2-6-16-28/h1-25H. The van der Waals surface area contributed by atoms with Gasteiger partial charge in [0.15, 0.2) is 0 Å². The fourth-order valence-electron chi connectivity index (χ4n) is 7.61. The summed E-state index contributed by atoms with van der Waals surface area (Å²) < 4.78 is 2.24. The molecule has 0 aliphatic rings. The molecule has 0 atom stereocenters. The largest absolute Gasteiger partial charge is 0.292 e. The fourth-order valence-corrected chi connectivity index (χ4v) is 7.61. The Bertz CT molecular complexity index is 2820. The molecule has 0 unspecified atom stereocenters. The summed E-state index contributed by atoms with van der Waals surface area (Å²) in [5.41, 5.74) is 10.8. The second-order valence-electron chi connectivity index (χ2n) is 13.0. The third kappa shape index (κ3) is 4.99. The molecule has 0 aliphatic carbocycles. The minimum Gasteiger partial charge on any atom is -0.292 e. The molecule has 1 aromatic heterocycles. The molecule has 0 aliphatic heterocycles. The summed E-state index contributed by atoms with van der Waals surface area (Å²) in [6, 6.07) is 52.3. The number of imidazole rings is 1. The molecule has 10 radical (unpaired) electrons. The smallest absolute Gasteiger partial charge is 0.146 e. The first-order valence-electron chi connectivity index (χ1n) is 17.1. The summed E-state index contributed by atoms with van der Waals surface area (Å²) in [5, 5.41) is 3.92. The monoisotopic (exact) mass is 648 g/mol. The Balaban J connectivity index is 1.44. The number of aromatic nitrogens is 2. The van der Waals surface area contributed by atoms with E-state index < -0.39 is 0 Å². The van der Waals surface area contributed by atoms with Gasteiger partial charge in [-0.05, 0) is 85.3 Å². The summed E-state index contributed by atoms with van der Waals surface area (Å²) in [6.45, 7) is 0. The van der Waals surface area contributed by atoms with Gasteiger partial charge in [-0.1, -0.05) is 132 Å². The minimum atomic E-state index is 0.184. The Hall–Kier alpha value is -5.93. The van der Waals surface area contributed by atoms with E-state index in [-0.39, 0.29) is 16.4 Å². The lowest BCUT2D eigenvalue weighted by molar-refractivity contribution is 1.10. The molecule has 8 aromatic carbocycles. The summed E-state index contributed by atoms with van der Waals surface area (Å²) in [5.74, 6) is 0.845. The van der Waals surface area contributed by atoms with Crippen molar-refractivity contribution < 1.29 is 0 Å². The first kappa shape index (κ1) is 32.0. The zero-order valence-electron chi connectivity index (χ0n) is 28.2. The average molecular weight is 648 g/mol. The van der Waals surface area contributed by atoms with Gasteiger partial charge >= 0.3 is 0 Å². The average Bonchev–Trinajstić information content (AvgIpc) is 3.59. The highest BCUT2D eigenvalue weighted by Crippen LogP contribution is 2.46. The van der Waals surface area contributed by atoms with Gasteiger partial charge in [0.1, 0.15) is 45.1 Å². The molecule has 9 rings (SSSR count). The zero-order valence-corrected chi connectivity index (χ0v) is 28.2. The number of nitrogens with zero attached hydrogens (tertiary/aromatic N) is 2. The Morgan fingerprint density at radius 1 is 0.385 bits per heavy atom. The van der Waals surface area contributed by atoms with Crippen LogP contribution in [0.1, 0.15) is 0 Å². The topological polar surface area (TPSA) is 17.8 Å². The van der Waals surface area contributed by atoms with E-state index in [4.69, 9.17) is 44.2 Å². The van der Waals surface area contributed by atoms with Crippen LogP contribution in [0.3, 0.4) is 0 Å². The molecule has 0 fully saturated rings. The summed E-state index contributed by atoms with van der Waals surface area (Å²) >= 11 is 0. The Morgan fingerprint density at radius 2 is 0.923 bits per heavy atom. The van der Waals surface area contributed by atoms with Crippen LogP contribution in [-0.2, 0) is 0 Å². The maximum atomic E-state index is 6.82. The first-order valence-corrected chi connectivity index (χ1v) is 17.1. The molecule has 1 heterocycles. The van der Waals surface area contributed by atoms with Crippen molar-refractivity contribution in [3.05, 3.63) is 152 Å². The lowest BCUT2D eigenvalue weighted by atomic mass is 9.59. The van der Waals surface area contributed by atoms with Crippen LogP contribution in [0.2, 0.25) is 0 Å². The number of hydrogen-bond donors (Lipinski definition) is 0. The van der Waals surface area contributed by atoms with Gasteiger partial charge in [0.2, 0.25) is 0 Å². The van der Waals surface area contributed by atoms with Crippen LogP contribution in [0, 0.1) is 0 Å². The Kier molecular flexibility index (Phi) is 7.81. The van der Waals surface area contributed by atoms with Crippen molar-refractivity contribution in [3.63, 3.8) is 0 Å². The number of rotatable bonds is 5. The van der Waals surface area contributed by atoms with Gasteiger partial charge in [-0.25, -0.2) is 4.98 Å². The molecule has 0 N–H and O–H groups in total. The maximum Gasteiger partial charge on any atom is 0.146 e. The highest BCUT2D eigenvalue weighted by Gasteiger charge is 2.24. The number of hydrogen-bond acceptors (Lipinski definition) is 1. The number of fused-ring (bicyclic) bond motifs is 3. The molecule has 7 heteroatoms. The molecule has 230 valence electrons. The van der Waals surface area contributed by atoms with Crippen LogP contribution < -0.4 is 27.3 Å². The summed E-state index contributed by atoms with van der Waals surface area (Å²) in [7, 11) is 32.9. The SMILES string of the molecule is [B]c1c([B])c([B])c(-c2c3ccccc3c(-c3ccccc3-c3nc4ccccc4n3-c3ccccc3)c3ccc(-c4ccccc4)cc23)c([B])c1[B]. The quantitative estimate of drug-likeness (QED) is 0.166. The normalized spacial score (nSPS) is 11.5. The minimum absolute atomic E-state index is 0.184. The molecular weight excluding hydrogens is 623 g/mol. The molecule has 2 nitrogen and oxygen atoms in total. The molecule has 0 saturated carbocycles. The summed E-state index contributed by atoms with van der Waals surface area (Å²) in [4.78, 5) is 5.27. The first-order chi connectivity index (χ1) is 25.4. The van der Waals surface area contributed by atoms with Gasteiger partial charge in [0.25, 0.3) is 0 Å². The van der Waals surface area contributed by atoms with E-state index >= 15 is 0 Å². The number of para-hydroxylation sites is 3. The van der Waals surface area contributed by atoms with Crippen molar-refractivity contribution in [2.24, 2.45) is 0 Å². The Morgan fingerprint density at radius 3 is 1.63 bits per heavy atom. The van der Waals surface area contributed by atoms with Crippen LogP contribution in [0.5, 0.6) is 0 Å². The van der Waals surface area contributed by atoms with Crippen molar-refractivity contribution in [2.75, 3.05) is 0 Å². The van der Waals surface area contributed by atoms with Crippen LogP contribution in [0.25, 0.3) is 83.0 Å². The lowest BCUT2D eigenvalue weighted by Gasteiger charge is -2.25. The van der Waals surface area contributed by atoms with Crippen LogP contribution >= 0.6 is 0 Å². The van der Waals surface area contributed by atoms with E-state index in [1.54, 1.807) is 0 Å². The van der Waals surface area contributed by atoms with E-state index in [0.29, 0.717) is 16.5 Å². The van der Waals surface area contributed by atoms with Gasteiger partial charge in [0.05, 0.1) is 11.0 Å². The molecule has 0 bridgehead atoms. The van der Waals surface area contributed by atoms with E-state index in [2.05, 4.69) is 120 Å². The molecular formula is C45H25B5N2. The fraction of sp³-hybridized carbons (Fsp3) is 0. The lowest BCUT2D eigenvalue weighted by Crippen LogP contribution is -2.55. The number of benzene rings is 8. The predicted molar refractivity (Wildman–Crippen MR) is 225 cm³/mol. The van der Waals surface area contributed by atoms with E-state index in [0.717, 1.165) is 77.5 Å². The summed E-state index contributed by atoms with van der Waals surface area (Å²) in [6.07, 6.45) is 0. The zero-order chi connectivity index (χ0) is 35.5. The molecule has 9 aromatic rings. The molecule has 52 heavy (non-hydrogen) atoms. The van der Waals surface area contributed by atoms with Crippen molar-refractivity contribution in [3.8, 4) is 50.5 Å². The second-order valence-corrected chi connectivity index (χ2v) is 13.0. The predicted octanol–water partition coefficient (Wildman–Crippen LogP) is 5.97. The van der Waals surface area contributed by atoms with E-state index in [1.807, 2.05) is 36.4 Å².